The molecule has 2 aromatic rings. The zero-order chi connectivity index (χ0) is 16.3. The second kappa shape index (κ2) is 6.08. The van der Waals surface area contributed by atoms with Gasteiger partial charge in [-0.2, -0.15) is 18.3 Å². The number of alkyl halides is 3. The molecule has 0 saturated heterocycles. The normalized spacial score (nSPS) is 11.3. The van der Waals surface area contributed by atoms with Crippen LogP contribution in [0.3, 0.4) is 0 Å². The van der Waals surface area contributed by atoms with Gasteiger partial charge in [-0.05, 0) is 31.2 Å². The SMILES string of the molecule is CCOC(=O)c1ccc(-n2nc(C(F)(F)F)cc2OC)cc1. The number of aromatic nitrogens is 2. The third-order valence-electron chi connectivity index (χ3n) is 2.80. The van der Waals surface area contributed by atoms with Crippen molar-refractivity contribution >= 4 is 5.97 Å². The van der Waals surface area contributed by atoms with Crippen LogP contribution < -0.4 is 4.74 Å². The monoisotopic (exact) mass is 314 g/mol. The molecule has 5 nitrogen and oxygen atoms in total. The van der Waals surface area contributed by atoms with E-state index in [2.05, 4.69) is 5.10 Å². The number of carbonyl (C=O) groups is 1. The third-order valence-corrected chi connectivity index (χ3v) is 2.80. The highest BCUT2D eigenvalue weighted by molar-refractivity contribution is 5.89. The average molecular weight is 314 g/mol. The van der Waals surface area contributed by atoms with Gasteiger partial charge in [-0.3, -0.25) is 0 Å². The van der Waals surface area contributed by atoms with Crippen LogP contribution in [0.5, 0.6) is 5.88 Å². The van der Waals surface area contributed by atoms with E-state index in [4.69, 9.17) is 9.47 Å². The number of esters is 1. The molecule has 1 aromatic heterocycles. The molecule has 8 heteroatoms. The van der Waals surface area contributed by atoms with Gasteiger partial charge in [0, 0.05) is 6.07 Å². The van der Waals surface area contributed by atoms with Crippen molar-refractivity contribution in [2.24, 2.45) is 0 Å². The van der Waals surface area contributed by atoms with Gasteiger partial charge in [0.15, 0.2) is 5.69 Å². The van der Waals surface area contributed by atoms with Crippen molar-refractivity contribution in [3.63, 3.8) is 0 Å². The lowest BCUT2D eigenvalue weighted by Gasteiger charge is -2.07. The van der Waals surface area contributed by atoms with Gasteiger partial charge in [0.25, 0.3) is 0 Å². The maximum atomic E-state index is 12.7. The highest BCUT2D eigenvalue weighted by Crippen LogP contribution is 2.32. The Bertz CT molecular complexity index is 663. The molecule has 0 atom stereocenters. The van der Waals surface area contributed by atoms with Gasteiger partial charge in [0.05, 0.1) is 25.0 Å². The van der Waals surface area contributed by atoms with Crippen LogP contribution in [-0.2, 0) is 10.9 Å². The molecular formula is C14H13F3N2O3. The summed E-state index contributed by atoms with van der Waals surface area (Å²) in [6, 6.07) is 6.62. The van der Waals surface area contributed by atoms with Gasteiger partial charge in [-0.15, -0.1) is 0 Å². The molecule has 2 rings (SSSR count). The molecule has 0 aliphatic heterocycles. The largest absolute Gasteiger partial charge is 0.481 e. The Labute approximate surface area is 124 Å². The smallest absolute Gasteiger partial charge is 0.435 e. The van der Waals surface area contributed by atoms with E-state index in [0.717, 1.165) is 10.7 Å². The van der Waals surface area contributed by atoms with Gasteiger partial charge in [-0.25, -0.2) is 9.48 Å². The summed E-state index contributed by atoms with van der Waals surface area (Å²) >= 11 is 0. The van der Waals surface area contributed by atoms with Crippen molar-refractivity contribution in [1.29, 1.82) is 0 Å². The highest BCUT2D eigenvalue weighted by atomic mass is 19.4. The molecule has 0 aliphatic rings. The fraction of sp³-hybridized carbons (Fsp3) is 0.286. The second-order valence-electron chi connectivity index (χ2n) is 4.25. The van der Waals surface area contributed by atoms with Crippen LogP contribution in [0.15, 0.2) is 30.3 Å². The lowest BCUT2D eigenvalue weighted by molar-refractivity contribution is -0.141. The highest BCUT2D eigenvalue weighted by Gasteiger charge is 2.35. The van der Waals surface area contributed by atoms with Crippen LogP contribution in [0.2, 0.25) is 0 Å². The Morgan fingerprint density at radius 3 is 2.41 bits per heavy atom. The summed E-state index contributed by atoms with van der Waals surface area (Å²) in [5.41, 5.74) is -0.424. The first kappa shape index (κ1) is 15.9. The molecule has 0 spiro atoms. The maximum absolute atomic E-state index is 12.7. The Balaban J connectivity index is 2.36. The van der Waals surface area contributed by atoms with Gasteiger partial charge >= 0.3 is 12.1 Å². The second-order valence-corrected chi connectivity index (χ2v) is 4.25. The van der Waals surface area contributed by atoms with Crippen molar-refractivity contribution in [3.8, 4) is 11.6 Å². The summed E-state index contributed by atoms with van der Waals surface area (Å²) in [7, 11) is 1.25. The molecule has 1 aromatic carbocycles. The van der Waals surface area contributed by atoms with Crippen molar-refractivity contribution in [3.05, 3.63) is 41.6 Å². The lowest BCUT2D eigenvalue weighted by atomic mass is 10.2. The summed E-state index contributed by atoms with van der Waals surface area (Å²) in [6.45, 7) is 1.92. The zero-order valence-corrected chi connectivity index (χ0v) is 11.8. The number of nitrogens with zero attached hydrogens (tertiary/aromatic N) is 2. The first-order chi connectivity index (χ1) is 10.4. The van der Waals surface area contributed by atoms with E-state index < -0.39 is 17.8 Å². The molecule has 1 heterocycles. The first-order valence-electron chi connectivity index (χ1n) is 6.35. The standard InChI is InChI=1S/C14H13F3N2O3/c1-3-22-13(20)9-4-6-10(7-5-9)19-12(21-2)8-11(18-19)14(15,16)17/h4-8H,3H2,1-2H3. The van der Waals surface area contributed by atoms with Crippen molar-refractivity contribution in [2.45, 2.75) is 13.1 Å². The summed E-state index contributed by atoms with van der Waals surface area (Å²) in [4.78, 5) is 11.5. The molecule has 22 heavy (non-hydrogen) atoms. The molecule has 0 fully saturated rings. The van der Waals surface area contributed by atoms with Crippen molar-refractivity contribution in [1.82, 2.24) is 9.78 Å². The number of benzene rings is 1. The van der Waals surface area contributed by atoms with Crippen molar-refractivity contribution in [2.75, 3.05) is 13.7 Å². The van der Waals surface area contributed by atoms with Crippen LogP contribution in [0.4, 0.5) is 13.2 Å². The van der Waals surface area contributed by atoms with E-state index >= 15 is 0 Å². The Hall–Kier alpha value is -2.51. The summed E-state index contributed by atoms with van der Waals surface area (Å²) < 4.78 is 48.8. The van der Waals surface area contributed by atoms with Crippen LogP contribution in [0.25, 0.3) is 5.69 Å². The predicted octanol–water partition coefficient (Wildman–Crippen LogP) is 3.08. The topological polar surface area (TPSA) is 53.4 Å². The molecular weight excluding hydrogens is 301 g/mol. The van der Waals surface area contributed by atoms with Crippen molar-refractivity contribution < 1.29 is 27.4 Å². The van der Waals surface area contributed by atoms with Crippen LogP contribution in [-0.4, -0.2) is 29.5 Å². The van der Waals surface area contributed by atoms with E-state index in [1.807, 2.05) is 0 Å². The minimum Gasteiger partial charge on any atom is -0.481 e. The number of halogens is 3. The van der Waals surface area contributed by atoms with Gasteiger partial charge in [-0.1, -0.05) is 0 Å². The zero-order valence-electron chi connectivity index (χ0n) is 11.8. The Morgan fingerprint density at radius 1 is 1.27 bits per heavy atom. The summed E-state index contributed by atoms with van der Waals surface area (Å²) in [6.07, 6.45) is -4.57. The average Bonchev–Trinajstić information content (AvgIpc) is 2.92. The van der Waals surface area contributed by atoms with E-state index in [1.54, 1.807) is 6.92 Å². The van der Waals surface area contributed by atoms with E-state index in [-0.39, 0.29) is 12.5 Å². The molecule has 0 amide bonds. The number of hydrogen-bond donors (Lipinski definition) is 0. The van der Waals surface area contributed by atoms with E-state index in [0.29, 0.717) is 11.3 Å². The van der Waals surface area contributed by atoms with Gasteiger partial charge in [0.2, 0.25) is 5.88 Å². The van der Waals surface area contributed by atoms with Gasteiger partial charge in [0.1, 0.15) is 0 Å². The Kier molecular flexibility index (Phi) is 4.39. The molecule has 0 N–H and O–H groups in total. The summed E-state index contributed by atoms with van der Waals surface area (Å²) in [5.74, 6) is -0.561. The molecule has 118 valence electrons. The molecule has 0 radical (unpaired) electrons. The van der Waals surface area contributed by atoms with Crippen LogP contribution in [0.1, 0.15) is 23.0 Å². The Morgan fingerprint density at radius 2 is 1.91 bits per heavy atom. The molecule has 0 unspecified atom stereocenters. The molecule has 0 saturated carbocycles. The maximum Gasteiger partial charge on any atom is 0.435 e. The minimum absolute atomic E-state index is 0.0591. The number of rotatable bonds is 4. The lowest BCUT2D eigenvalue weighted by Crippen LogP contribution is -2.08. The number of ether oxygens (including phenoxy) is 2. The van der Waals surface area contributed by atoms with Crippen LogP contribution >= 0.6 is 0 Å². The quantitative estimate of drug-likeness (QED) is 0.814. The van der Waals surface area contributed by atoms with Crippen LogP contribution in [0, 0.1) is 0 Å². The minimum atomic E-state index is -4.57. The third kappa shape index (κ3) is 3.21. The summed E-state index contributed by atoms with van der Waals surface area (Å²) in [5, 5.41) is 3.48. The van der Waals surface area contributed by atoms with E-state index in [1.165, 1.54) is 31.4 Å². The molecule has 0 bridgehead atoms. The number of methoxy groups -OCH3 is 1. The predicted molar refractivity (Wildman–Crippen MR) is 71.1 cm³/mol. The van der Waals surface area contributed by atoms with Gasteiger partial charge < -0.3 is 9.47 Å². The fourth-order valence-corrected chi connectivity index (χ4v) is 1.79. The van der Waals surface area contributed by atoms with E-state index in [9.17, 15) is 18.0 Å². The first-order valence-corrected chi connectivity index (χ1v) is 6.35. The number of hydrogen-bond acceptors (Lipinski definition) is 4. The fourth-order valence-electron chi connectivity index (χ4n) is 1.79. The number of carbonyl (C=O) groups excluding carboxylic acids is 1. The molecule has 0 aliphatic carbocycles.